The fourth-order valence-corrected chi connectivity index (χ4v) is 4.92. The van der Waals surface area contributed by atoms with Crippen molar-refractivity contribution in [2.75, 3.05) is 20.8 Å². The minimum Gasteiger partial charge on any atom is -0.508 e. The molecule has 2 amide bonds. The minimum absolute atomic E-state index is 0.121. The summed E-state index contributed by atoms with van der Waals surface area (Å²) in [6.45, 7) is -0.152. The van der Waals surface area contributed by atoms with Crippen LogP contribution < -0.4 is 9.47 Å². The highest BCUT2D eigenvalue weighted by Gasteiger charge is 2.35. The monoisotopic (exact) mass is 572 g/mol. The zero-order valence-electron chi connectivity index (χ0n) is 23.3. The fraction of sp³-hybridized carbons (Fsp3) is 0.281. The lowest BCUT2D eigenvalue weighted by Gasteiger charge is -2.36. The Hall–Kier alpha value is -4.67. The number of carbonyl (C=O) groups is 2. The molecule has 218 valence electrons. The highest BCUT2D eigenvalue weighted by Crippen LogP contribution is 2.28. The predicted molar refractivity (Wildman–Crippen MR) is 153 cm³/mol. The Labute approximate surface area is 243 Å². The molecule has 0 radical (unpaired) electrons. The molecule has 1 saturated heterocycles. The van der Waals surface area contributed by atoms with E-state index in [1.54, 1.807) is 72.8 Å². The van der Waals surface area contributed by atoms with Crippen LogP contribution in [0.5, 0.6) is 17.2 Å². The van der Waals surface area contributed by atoms with E-state index in [9.17, 15) is 19.8 Å². The van der Waals surface area contributed by atoms with Gasteiger partial charge in [-0.1, -0.05) is 17.3 Å². The number of aromatic nitrogens is 1. The Morgan fingerprint density at radius 3 is 2.10 bits per heavy atom. The average molecular weight is 573 g/mol. The van der Waals surface area contributed by atoms with Crippen LogP contribution in [0.1, 0.15) is 39.3 Å². The second-order valence-electron chi connectivity index (χ2n) is 10.1. The van der Waals surface area contributed by atoms with E-state index in [1.165, 1.54) is 14.2 Å². The number of nitrogens with zero attached hydrogens (tertiary/aromatic N) is 2. The first-order valence-electron chi connectivity index (χ1n) is 13.6. The Kier molecular flexibility index (Phi) is 8.85. The first-order chi connectivity index (χ1) is 20.3. The Bertz CT molecular complexity index is 1460. The van der Waals surface area contributed by atoms with Crippen molar-refractivity contribution < 1.29 is 38.5 Å². The van der Waals surface area contributed by atoms with Crippen molar-refractivity contribution >= 4 is 11.8 Å². The van der Waals surface area contributed by atoms with Gasteiger partial charge in [0.05, 0.1) is 38.7 Å². The summed E-state index contributed by atoms with van der Waals surface area (Å²) >= 11 is 0. The number of carbonyl (C=O) groups excluding carboxylic acids is 2. The van der Waals surface area contributed by atoms with Crippen LogP contribution in [0.4, 0.5) is 0 Å². The number of phenolic OH excluding ortho intramolecular Hbond substituents is 1. The number of ether oxygens (including phenoxy) is 3. The van der Waals surface area contributed by atoms with Crippen LogP contribution in [0.25, 0.3) is 11.3 Å². The van der Waals surface area contributed by atoms with Gasteiger partial charge in [-0.15, -0.1) is 0 Å². The fourth-order valence-electron chi connectivity index (χ4n) is 4.92. The number of aliphatic hydroxyl groups excluding tert-OH is 1. The van der Waals surface area contributed by atoms with Crippen LogP contribution in [0, 0.1) is 0 Å². The van der Waals surface area contributed by atoms with E-state index in [-0.39, 0.29) is 18.4 Å². The van der Waals surface area contributed by atoms with Crippen molar-refractivity contribution in [3.05, 3.63) is 95.7 Å². The van der Waals surface area contributed by atoms with E-state index >= 15 is 0 Å². The molecule has 3 atom stereocenters. The van der Waals surface area contributed by atoms with Crippen molar-refractivity contribution in [2.45, 2.75) is 37.6 Å². The molecule has 5 rings (SSSR count). The molecule has 0 spiro atoms. The summed E-state index contributed by atoms with van der Waals surface area (Å²) in [7, 11) is 3.06. The van der Waals surface area contributed by atoms with Gasteiger partial charge in [-0.25, -0.2) is 0 Å². The number of benzene rings is 3. The molecule has 10 heteroatoms. The third-order valence-corrected chi connectivity index (χ3v) is 7.23. The summed E-state index contributed by atoms with van der Waals surface area (Å²) in [6, 6.07) is 21.4. The molecule has 2 heterocycles. The van der Waals surface area contributed by atoms with Gasteiger partial charge in [-0.05, 0) is 73.5 Å². The van der Waals surface area contributed by atoms with Crippen molar-refractivity contribution in [1.82, 2.24) is 10.1 Å². The molecular weight excluding hydrogens is 540 g/mol. The van der Waals surface area contributed by atoms with E-state index in [0.717, 1.165) is 4.90 Å². The SMILES string of the molecule is COc1ccc(C(=O)N(C[C@H]2O[C@H](Cc3cc(-c4cccc(O)c4)on3)CC[C@@H]2O)C(=O)c2ccc(OC)cc2)cc1. The number of phenols is 1. The maximum Gasteiger partial charge on any atom is 0.260 e. The summed E-state index contributed by atoms with van der Waals surface area (Å²) in [5.41, 5.74) is 1.92. The molecule has 10 nitrogen and oxygen atoms in total. The number of aromatic hydroxyl groups is 1. The predicted octanol–water partition coefficient (Wildman–Crippen LogP) is 4.50. The summed E-state index contributed by atoms with van der Waals surface area (Å²) in [5.74, 6) is 0.736. The Morgan fingerprint density at radius 1 is 0.905 bits per heavy atom. The molecule has 2 N–H and O–H groups in total. The van der Waals surface area contributed by atoms with Crippen molar-refractivity contribution in [2.24, 2.45) is 0 Å². The highest BCUT2D eigenvalue weighted by atomic mass is 16.5. The lowest BCUT2D eigenvalue weighted by atomic mass is 9.97. The quantitative estimate of drug-likeness (QED) is 0.278. The topological polar surface area (TPSA) is 132 Å². The van der Waals surface area contributed by atoms with E-state index < -0.39 is 24.0 Å². The number of imide groups is 1. The smallest absolute Gasteiger partial charge is 0.260 e. The van der Waals surface area contributed by atoms with Gasteiger partial charge in [0.1, 0.15) is 23.4 Å². The molecule has 42 heavy (non-hydrogen) atoms. The molecule has 3 aromatic carbocycles. The summed E-state index contributed by atoms with van der Waals surface area (Å²) in [4.78, 5) is 28.4. The lowest BCUT2D eigenvalue weighted by Crippen LogP contribution is -2.50. The van der Waals surface area contributed by atoms with Crippen LogP contribution in [0.2, 0.25) is 0 Å². The molecule has 1 aliphatic rings. The molecule has 1 aliphatic heterocycles. The van der Waals surface area contributed by atoms with Crippen LogP contribution in [-0.2, 0) is 11.2 Å². The molecule has 0 bridgehead atoms. The first kappa shape index (κ1) is 28.8. The van der Waals surface area contributed by atoms with Gasteiger partial charge < -0.3 is 28.9 Å². The van der Waals surface area contributed by atoms with Gasteiger partial charge in [0, 0.05) is 29.2 Å². The van der Waals surface area contributed by atoms with E-state index in [1.807, 2.05) is 6.07 Å². The van der Waals surface area contributed by atoms with Gasteiger partial charge in [0.15, 0.2) is 5.76 Å². The van der Waals surface area contributed by atoms with Crippen LogP contribution >= 0.6 is 0 Å². The number of hydrogen-bond donors (Lipinski definition) is 2. The average Bonchev–Trinajstić information content (AvgIpc) is 3.49. The zero-order chi connectivity index (χ0) is 29.6. The molecule has 1 fully saturated rings. The molecule has 0 unspecified atom stereocenters. The van der Waals surface area contributed by atoms with Gasteiger partial charge in [0.2, 0.25) is 0 Å². The molecule has 1 aromatic heterocycles. The molecule has 0 saturated carbocycles. The second-order valence-corrected chi connectivity index (χ2v) is 10.1. The second kappa shape index (κ2) is 12.9. The molecular formula is C32H32N2O8. The third-order valence-electron chi connectivity index (χ3n) is 7.23. The van der Waals surface area contributed by atoms with Crippen molar-refractivity contribution in [3.8, 4) is 28.6 Å². The number of hydrogen-bond acceptors (Lipinski definition) is 9. The maximum absolute atomic E-state index is 13.7. The number of aliphatic hydroxyl groups is 1. The van der Waals surface area contributed by atoms with E-state index in [2.05, 4.69) is 5.16 Å². The van der Waals surface area contributed by atoms with Crippen molar-refractivity contribution in [3.63, 3.8) is 0 Å². The standard InChI is InChI=1S/C32H32N2O8/c1-39-25-10-6-20(7-11-25)31(37)34(32(38)21-8-12-26(40-2)13-9-21)19-30-28(36)15-14-27(41-30)17-23-18-29(42-33-23)22-4-3-5-24(35)16-22/h3-13,16,18,27-28,30,35-36H,14-15,17,19H2,1-2H3/t27-,28-,30+/m0/s1. The Balaban J connectivity index is 1.34. The number of rotatable bonds is 9. The number of methoxy groups -OCH3 is 2. The maximum atomic E-state index is 13.7. The third kappa shape index (κ3) is 6.62. The van der Waals surface area contributed by atoms with Crippen LogP contribution in [-0.4, -0.2) is 71.2 Å². The molecule has 4 aromatic rings. The van der Waals surface area contributed by atoms with Crippen LogP contribution in [0.15, 0.2) is 83.4 Å². The van der Waals surface area contributed by atoms with Crippen molar-refractivity contribution in [1.29, 1.82) is 0 Å². The molecule has 0 aliphatic carbocycles. The lowest BCUT2D eigenvalue weighted by molar-refractivity contribution is -0.120. The Morgan fingerprint density at radius 2 is 1.52 bits per heavy atom. The summed E-state index contributed by atoms with van der Waals surface area (Å²) in [6.07, 6.45) is -0.625. The highest BCUT2D eigenvalue weighted by molar-refractivity contribution is 6.10. The van der Waals surface area contributed by atoms with Gasteiger partial charge in [-0.3, -0.25) is 14.5 Å². The normalized spacial score (nSPS) is 18.3. The first-order valence-corrected chi connectivity index (χ1v) is 13.6. The van der Waals surface area contributed by atoms with E-state index in [4.69, 9.17) is 18.7 Å². The van der Waals surface area contributed by atoms with Gasteiger partial charge in [0.25, 0.3) is 11.8 Å². The van der Waals surface area contributed by atoms with Gasteiger partial charge in [-0.2, -0.15) is 0 Å². The summed E-state index contributed by atoms with van der Waals surface area (Å²) < 4.78 is 22.1. The minimum atomic E-state index is -0.878. The van der Waals surface area contributed by atoms with E-state index in [0.29, 0.717) is 58.9 Å². The van der Waals surface area contributed by atoms with Gasteiger partial charge >= 0.3 is 0 Å². The summed E-state index contributed by atoms with van der Waals surface area (Å²) in [5, 5.41) is 24.8. The zero-order valence-corrected chi connectivity index (χ0v) is 23.3. The largest absolute Gasteiger partial charge is 0.508 e. The van der Waals surface area contributed by atoms with Crippen LogP contribution in [0.3, 0.4) is 0 Å². The number of amides is 2.